The Hall–Kier alpha value is -0.730. The number of carboxylic acid groups (broad SMARTS) is 1. The van der Waals surface area contributed by atoms with Crippen LogP contribution in [0.25, 0.3) is 0 Å². The second-order valence-corrected chi connectivity index (χ2v) is 4.22. The standard InChI is InChI=1S/C8H6F3IO3/c9-8(10,11)15-4-1-2-6(12)5(3-4)7(13)14/h1-3,5-6H,(H,13,14)/t5-,6-/m0/s1. The number of carbonyl (C=O) groups is 1. The molecule has 0 saturated carbocycles. The van der Waals surface area contributed by atoms with Crippen molar-refractivity contribution in [3.8, 4) is 0 Å². The summed E-state index contributed by atoms with van der Waals surface area (Å²) in [7, 11) is 0. The third kappa shape index (κ3) is 3.73. The summed E-state index contributed by atoms with van der Waals surface area (Å²) in [5.41, 5.74) is 0. The van der Waals surface area contributed by atoms with Gasteiger partial charge >= 0.3 is 12.3 Å². The van der Waals surface area contributed by atoms with Crippen molar-refractivity contribution in [1.82, 2.24) is 0 Å². The van der Waals surface area contributed by atoms with E-state index in [1.165, 1.54) is 6.08 Å². The largest absolute Gasteiger partial charge is 0.573 e. The summed E-state index contributed by atoms with van der Waals surface area (Å²) in [6, 6.07) is 0. The molecule has 0 bridgehead atoms. The van der Waals surface area contributed by atoms with Gasteiger partial charge in [-0.05, 0) is 12.2 Å². The van der Waals surface area contributed by atoms with Crippen LogP contribution in [0.5, 0.6) is 0 Å². The lowest BCUT2D eigenvalue weighted by Crippen LogP contribution is -2.24. The normalized spacial score (nSPS) is 26.0. The van der Waals surface area contributed by atoms with E-state index < -0.39 is 24.0 Å². The van der Waals surface area contributed by atoms with E-state index in [1.54, 1.807) is 0 Å². The molecule has 0 unspecified atom stereocenters. The first-order chi connectivity index (χ1) is 6.79. The molecule has 3 nitrogen and oxygen atoms in total. The van der Waals surface area contributed by atoms with E-state index in [4.69, 9.17) is 5.11 Å². The Morgan fingerprint density at radius 3 is 2.60 bits per heavy atom. The number of hydrogen-bond donors (Lipinski definition) is 1. The molecule has 84 valence electrons. The molecule has 0 aromatic carbocycles. The lowest BCUT2D eigenvalue weighted by atomic mass is 10.0. The minimum atomic E-state index is -4.79. The van der Waals surface area contributed by atoms with Crippen LogP contribution in [-0.4, -0.2) is 21.4 Å². The van der Waals surface area contributed by atoms with Crippen molar-refractivity contribution in [2.45, 2.75) is 10.3 Å². The highest BCUT2D eigenvalue weighted by atomic mass is 127. The Kier molecular flexibility index (Phi) is 3.63. The summed E-state index contributed by atoms with van der Waals surface area (Å²) < 4.78 is 38.7. The van der Waals surface area contributed by atoms with Gasteiger partial charge in [0.2, 0.25) is 0 Å². The van der Waals surface area contributed by atoms with Crippen LogP contribution in [0.15, 0.2) is 24.0 Å². The van der Waals surface area contributed by atoms with Crippen molar-refractivity contribution < 1.29 is 27.8 Å². The number of rotatable bonds is 2. The Morgan fingerprint density at radius 1 is 1.53 bits per heavy atom. The maximum atomic E-state index is 11.8. The summed E-state index contributed by atoms with van der Waals surface area (Å²) >= 11 is 1.83. The van der Waals surface area contributed by atoms with Crippen molar-refractivity contribution in [3.63, 3.8) is 0 Å². The maximum Gasteiger partial charge on any atom is 0.573 e. The SMILES string of the molecule is O=C(O)[C@H]1C=C(OC(F)(F)F)C=C[C@@H]1I. The fourth-order valence-corrected chi connectivity index (χ4v) is 1.76. The summed E-state index contributed by atoms with van der Waals surface area (Å²) in [6.45, 7) is 0. The fourth-order valence-electron chi connectivity index (χ4n) is 1.04. The molecule has 0 heterocycles. The van der Waals surface area contributed by atoms with Crippen LogP contribution in [0.1, 0.15) is 0 Å². The average molecular weight is 334 g/mol. The second kappa shape index (κ2) is 4.42. The zero-order valence-electron chi connectivity index (χ0n) is 7.16. The van der Waals surface area contributed by atoms with Gasteiger partial charge in [-0.3, -0.25) is 4.79 Å². The molecule has 0 aromatic rings. The molecule has 0 radical (unpaired) electrons. The predicted molar refractivity (Wildman–Crippen MR) is 53.3 cm³/mol. The fraction of sp³-hybridized carbons (Fsp3) is 0.375. The van der Waals surface area contributed by atoms with E-state index in [-0.39, 0.29) is 3.92 Å². The molecule has 1 rings (SSSR count). The van der Waals surface area contributed by atoms with Gasteiger partial charge in [0.1, 0.15) is 5.76 Å². The monoisotopic (exact) mass is 334 g/mol. The first-order valence-corrected chi connectivity index (χ1v) is 5.07. The van der Waals surface area contributed by atoms with Crippen LogP contribution >= 0.6 is 22.6 Å². The predicted octanol–water partition coefficient (Wildman–Crippen LogP) is 2.48. The van der Waals surface area contributed by atoms with Gasteiger partial charge in [-0.1, -0.05) is 28.7 Å². The van der Waals surface area contributed by atoms with E-state index in [0.717, 1.165) is 12.2 Å². The first-order valence-electron chi connectivity index (χ1n) is 3.82. The molecule has 1 aliphatic rings. The molecule has 0 saturated heterocycles. The highest BCUT2D eigenvalue weighted by Crippen LogP contribution is 2.28. The van der Waals surface area contributed by atoms with Gasteiger partial charge in [-0.15, -0.1) is 13.2 Å². The molecular weight excluding hydrogens is 328 g/mol. The van der Waals surface area contributed by atoms with Crippen LogP contribution in [0.2, 0.25) is 0 Å². The molecule has 2 atom stereocenters. The van der Waals surface area contributed by atoms with Crippen LogP contribution in [0, 0.1) is 5.92 Å². The van der Waals surface area contributed by atoms with Gasteiger partial charge in [0.15, 0.2) is 0 Å². The smallest absolute Gasteiger partial charge is 0.481 e. The number of alkyl halides is 4. The van der Waals surface area contributed by atoms with Crippen molar-refractivity contribution in [3.05, 3.63) is 24.0 Å². The van der Waals surface area contributed by atoms with Crippen LogP contribution in [0.4, 0.5) is 13.2 Å². The van der Waals surface area contributed by atoms with Crippen molar-refractivity contribution in [2.24, 2.45) is 5.92 Å². The Bertz CT molecular complexity index is 322. The van der Waals surface area contributed by atoms with Crippen LogP contribution in [0.3, 0.4) is 0 Å². The lowest BCUT2D eigenvalue weighted by Gasteiger charge is -2.19. The van der Waals surface area contributed by atoms with Gasteiger partial charge < -0.3 is 9.84 Å². The quantitative estimate of drug-likeness (QED) is 0.623. The first kappa shape index (κ1) is 12.3. The molecule has 1 aliphatic carbocycles. The van der Waals surface area contributed by atoms with Gasteiger partial charge in [0.05, 0.1) is 5.92 Å². The summed E-state index contributed by atoms with van der Waals surface area (Å²) in [5.74, 6) is -2.65. The third-order valence-electron chi connectivity index (χ3n) is 1.65. The summed E-state index contributed by atoms with van der Waals surface area (Å²) in [6.07, 6.45) is -1.37. The minimum Gasteiger partial charge on any atom is -0.481 e. The van der Waals surface area contributed by atoms with E-state index >= 15 is 0 Å². The van der Waals surface area contributed by atoms with E-state index in [0.29, 0.717) is 0 Å². The highest BCUT2D eigenvalue weighted by Gasteiger charge is 2.34. The third-order valence-corrected chi connectivity index (χ3v) is 2.84. The number of ether oxygens (including phenoxy) is 1. The zero-order chi connectivity index (χ0) is 11.6. The molecule has 7 heteroatoms. The topological polar surface area (TPSA) is 46.5 Å². The molecule has 0 amide bonds. The number of hydrogen-bond acceptors (Lipinski definition) is 2. The van der Waals surface area contributed by atoms with Crippen LogP contribution in [-0.2, 0) is 9.53 Å². The number of allylic oxidation sites excluding steroid dienone is 2. The van der Waals surface area contributed by atoms with Crippen molar-refractivity contribution in [2.75, 3.05) is 0 Å². The average Bonchev–Trinajstić information content (AvgIpc) is 2.05. The molecule has 0 spiro atoms. The Morgan fingerprint density at radius 2 is 2.13 bits per heavy atom. The molecule has 0 aromatic heterocycles. The number of carboxylic acids is 1. The van der Waals surface area contributed by atoms with Crippen molar-refractivity contribution >= 4 is 28.6 Å². The number of aliphatic carboxylic acids is 1. The van der Waals surface area contributed by atoms with E-state index in [2.05, 4.69) is 4.74 Å². The van der Waals surface area contributed by atoms with Gasteiger partial charge in [0, 0.05) is 3.92 Å². The molecule has 0 aliphatic heterocycles. The maximum absolute atomic E-state index is 11.8. The summed E-state index contributed by atoms with van der Waals surface area (Å²) in [5, 5.41) is 8.70. The molecule has 15 heavy (non-hydrogen) atoms. The van der Waals surface area contributed by atoms with E-state index in [9.17, 15) is 18.0 Å². The minimum absolute atomic E-state index is 0.374. The second-order valence-electron chi connectivity index (χ2n) is 2.78. The zero-order valence-corrected chi connectivity index (χ0v) is 9.32. The summed E-state index contributed by atoms with van der Waals surface area (Å²) in [4.78, 5) is 10.7. The van der Waals surface area contributed by atoms with Gasteiger partial charge in [-0.25, -0.2) is 0 Å². The number of halogens is 4. The molecule has 1 N–H and O–H groups in total. The lowest BCUT2D eigenvalue weighted by molar-refractivity contribution is -0.303. The van der Waals surface area contributed by atoms with Crippen molar-refractivity contribution in [1.29, 1.82) is 0 Å². The molecular formula is C8H6F3IO3. The highest BCUT2D eigenvalue weighted by molar-refractivity contribution is 14.1. The Balaban J connectivity index is 2.80. The molecule has 0 fully saturated rings. The van der Waals surface area contributed by atoms with Gasteiger partial charge in [0.25, 0.3) is 0 Å². The van der Waals surface area contributed by atoms with Gasteiger partial charge in [-0.2, -0.15) is 0 Å². The van der Waals surface area contributed by atoms with E-state index in [1.807, 2.05) is 22.6 Å². The Labute approximate surface area is 96.7 Å². The van der Waals surface area contributed by atoms with Crippen LogP contribution < -0.4 is 0 Å².